The molecule has 0 saturated carbocycles. The maximum atomic E-state index is 12.9. The lowest BCUT2D eigenvalue weighted by molar-refractivity contribution is -0.332. The predicted molar refractivity (Wildman–Crippen MR) is 242 cm³/mol. The lowest BCUT2D eigenvalue weighted by Crippen LogP contribution is -2.61. The van der Waals surface area contributed by atoms with Gasteiger partial charge in [0.05, 0.1) is 19.8 Å². The molecule has 0 aliphatic carbocycles. The van der Waals surface area contributed by atoms with Gasteiger partial charge in [0, 0.05) is 12.8 Å². The SMILES string of the molecule is CC/C=C/C/C=C/C/C=C/C/C=C/C/C=C/CCCC(=O)O[C@H](COC(=O)CCCCCCC/C=C/CCCC)CO[C@H]1O[C@@H](CO[C@H]2O[C@@H](CO)[C@@H](O)C(O)C2O)[C@@H](O)C(O)C1O. The molecule has 0 radical (unpaired) electrons. The number of unbranched alkanes of at least 4 members (excludes halogenated alkanes) is 8. The number of carbonyl (C=O) groups is 2. The summed E-state index contributed by atoms with van der Waals surface area (Å²) in [5.41, 5.74) is 0. The minimum atomic E-state index is -1.78. The minimum absolute atomic E-state index is 0.0815. The van der Waals surface area contributed by atoms with Gasteiger partial charge in [-0.3, -0.25) is 9.59 Å². The second kappa shape index (κ2) is 36.1. The van der Waals surface area contributed by atoms with Crippen molar-refractivity contribution in [2.24, 2.45) is 0 Å². The first-order valence-electron chi connectivity index (χ1n) is 23.5. The van der Waals surface area contributed by atoms with Crippen molar-refractivity contribution in [3.05, 3.63) is 72.9 Å². The van der Waals surface area contributed by atoms with Crippen LogP contribution in [0.5, 0.6) is 0 Å². The molecular weight excluding hydrogens is 829 g/mol. The van der Waals surface area contributed by atoms with Crippen molar-refractivity contribution in [1.29, 1.82) is 0 Å². The van der Waals surface area contributed by atoms with E-state index >= 15 is 0 Å². The lowest BCUT2D eigenvalue weighted by Gasteiger charge is -2.42. The summed E-state index contributed by atoms with van der Waals surface area (Å²) in [6.07, 6.45) is 23.8. The van der Waals surface area contributed by atoms with Crippen LogP contribution in [0.3, 0.4) is 0 Å². The minimum Gasteiger partial charge on any atom is -0.462 e. The number of hydrogen-bond acceptors (Lipinski definition) is 15. The van der Waals surface area contributed by atoms with Crippen molar-refractivity contribution in [2.75, 3.05) is 26.4 Å². The van der Waals surface area contributed by atoms with Gasteiger partial charge in [-0.15, -0.1) is 0 Å². The van der Waals surface area contributed by atoms with Crippen LogP contribution in [0, 0.1) is 0 Å². The Morgan fingerprint density at radius 1 is 0.516 bits per heavy atom. The number of hydrogen-bond donors (Lipinski definition) is 7. The van der Waals surface area contributed by atoms with E-state index in [-0.39, 0.29) is 19.4 Å². The molecule has 2 rings (SSSR count). The number of ether oxygens (including phenoxy) is 6. The topological polar surface area (TPSA) is 231 Å². The molecule has 64 heavy (non-hydrogen) atoms. The second-order valence-corrected chi connectivity index (χ2v) is 16.2. The highest BCUT2D eigenvalue weighted by atomic mass is 16.7. The van der Waals surface area contributed by atoms with Gasteiger partial charge in [-0.05, 0) is 70.6 Å². The highest BCUT2D eigenvalue weighted by Crippen LogP contribution is 2.26. The van der Waals surface area contributed by atoms with Crippen LogP contribution in [0.4, 0.5) is 0 Å². The summed E-state index contributed by atoms with van der Waals surface area (Å²) < 4.78 is 33.4. The second-order valence-electron chi connectivity index (χ2n) is 16.2. The van der Waals surface area contributed by atoms with Gasteiger partial charge in [0.1, 0.15) is 55.4 Å². The average molecular weight is 909 g/mol. The molecular formula is C49H80O15. The fourth-order valence-electron chi connectivity index (χ4n) is 6.76. The van der Waals surface area contributed by atoms with E-state index in [1.165, 1.54) is 12.8 Å². The van der Waals surface area contributed by atoms with Gasteiger partial charge in [-0.1, -0.05) is 119 Å². The monoisotopic (exact) mass is 909 g/mol. The maximum Gasteiger partial charge on any atom is 0.306 e. The summed E-state index contributed by atoms with van der Waals surface area (Å²) in [5.74, 6) is -1.01. The summed E-state index contributed by atoms with van der Waals surface area (Å²) >= 11 is 0. The van der Waals surface area contributed by atoms with Crippen molar-refractivity contribution in [2.45, 2.75) is 197 Å². The molecule has 2 fully saturated rings. The number of rotatable bonds is 34. The Bertz CT molecular complexity index is 1390. The third-order valence-electron chi connectivity index (χ3n) is 10.7. The molecule has 7 N–H and O–H groups in total. The van der Waals surface area contributed by atoms with Crippen molar-refractivity contribution in [1.82, 2.24) is 0 Å². The van der Waals surface area contributed by atoms with E-state index in [9.17, 15) is 45.3 Å². The molecule has 4 unspecified atom stereocenters. The van der Waals surface area contributed by atoms with E-state index in [2.05, 4.69) is 74.6 Å². The van der Waals surface area contributed by atoms with Crippen molar-refractivity contribution in [3.8, 4) is 0 Å². The van der Waals surface area contributed by atoms with Crippen LogP contribution in [0.2, 0.25) is 0 Å². The Hall–Kier alpha value is -3.06. The fraction of sp³-hybridized carbons (Fsp3) is 0.714. The van der Waals surface area contributed by atoms with Crippen LogP contribution in [0.15, 0.2) is 72.9 Å². The van der Waals surface area contributed by atoms with E-state index in [1.54, 1.807) is 0 Å². The van der Waals surface area contributed by atoms with Gasteiger partial charge in [0.15, 0.2) is 18.7 Å². The fourth-order valence-corrected chi connectivity index (χ4v) is 6.76. The van der Waals surface area contributed by atoms with Gasteiger partial charge in [0.25, 0.3) is 0 Å². The van der Waals surface area contributed by atoms with Crippen LogP contribution in [-0.2, 0) is 38.0 Å². The molecule has 15 nitrogen and oxygen atoms in total. The number of aliphatic hydroxyl groups excluding tert-OH is 7. The summed E-state index contributed by atoms with van der Waals surface area (Å²) in [6.45, 7) is 2.33. The summed E-state index contributed by atoms with van der Waals surface area (Å²) in [5, 5.41) is 71.9. The molecule has 11 atom stereocenters. The molecule has 15 heteroatoms. The van der Waals surface area contributed by atoms with Gasteiger partial charge >= 0.3 is 11.9 Å². The molecule has 0 amide bonds. The smallest absolute Gasteiger partial charge is 0.306 e. The van der Waals surface area contributed by atoms with Crippen LogP contribution in [0.25, 0.3) is 0 Å². The van der Waals surface area contributed by atoms with Crippen molar-refractivity contribution >= 4 is 11.9 Å². The number of esters is 2. The van der Waals surface area contributed by atoms with Gasteiger partial charge < -0.3 is 64.2 Å². The average Bonchev–Trinajstić information content (AvgIpc) is 3.29. The molecule has 2 aliphatic heterocycles. The van der Waals surface area contributed by atoms with E-state index in [4.69, 9.17) is 28.4 Å². The molecule has 0 aromatic rings. The molecule has 2 saturated heterocycles. The predicted octanol–water partition coefficient (Wildman–Crippen LogP) is 5.48. The zero-order valence-corrected chi connectivity index (χ0v) is 38.2. The molecule has 366 valence electrons. The lowest BCUT2D eigenvalue weighted by atomic mass is 9.98. The van der Waals surface area contributed by atoms with Crippen LogP contribution < -0.4 is 0 Å². The number of allylic oxidation sites excluding steroid dienone is 12. The molecule has 2 heterocycles. The van der Waals surface area contributed by atoms with Crippen molar-refractivity contribution in [3.63, 3.8) is 0 Å². The van der Waals surface area contributed by atoms with E-state index in [1.807, 2.05) is 12.2 Å². The Morgan fingerprint density at radius 2 is 1.00 bits per heavy atom. The molecule has 0 spiro atoms. The molecule has 0 bridgehead atoms. The van der Waals surface area contributed by atoms with Crippen molar-refractivity contribution < 1.29 is 73.8 Å². The quantitative estimate of drug-likeness (QED) is 0.0241. The van der Waals surface area contributed by atoms with E-state index < -0.39 is 99.3 Å². The molecule has 0 aromatic carbocycles. The zero-order chi connectivity index (χ0) is 46.8. The summed E-state index contributed by atoms with van der Waals surface area (Å²) in [6, 6.07) is 0. The highest BCUT2D eigenvalue weighted by Gasteiger charge is 2.47. The molecule has 2 aliphatic rings. The maximum absolute atomic E-state index is 12.9. The van der Waals surface area contributed by atoms with Crippen LogP contribution in [0.1, 0.15) is 129 Å². The summed E-state index contributed by atoms with van der Waals surface area (Å²) in [7, 11) is 0. The normalized spacial score (nSPS) is 27.3. The Kier molecular flexibility index (Phi) is 32.2. The van der Waals surface area contributed by atoms with E-state index in [0.717, 1.165) is 70.6 Å². The zero-order valence-electron chi connectivity index (χ0n) is 38.2. The highest BCUT2D eigenvalue weighted by molar-refractivity contribution is 5.70. The Balaban J connectivity index is 1.88. The van der Waals surface area contributed by atoms with Gasteiger partial charge in [0.2, 0.25) is 0 Å². The van der Waals surface area contributed by atoms with Crippen LogP contribution in [-0.4, -0.2) is 142 Å². The van der Waals surface area contributed by atoms with Gasteiger partial charge in [-0.2, -0.15) is 0 Å². The van der Waals surface area contributed by atoms with Crippen LogP contribution >= 0.6 is 0 Å². The molecule has 0 aromatic heterocycles. The standard InChI is InChI=1S/C49H80O15/c1-3-5-7-9-11-13-15-16-17-18-19-20-22-24-26-28-30-32-41(52)62-37(34-59-40(51)31-29-27-25-23-21-14-12-10-8-6-4-2)35-60-48-47(58)45(56)43(54)39(64-48)36-61-49-46(57)44(55)42(53)38(33-50)63-49/h5,7,10-13,16-17,19-20,24,26,37-39,42-50,53-58H,3-4,6,8-9,14-15,18,21-23,25,27-36H2,1-2H3/b7-5+,12-10+,13-11+,17-16+,20-19+,26-24+/t37-,38+,39+,42-,43-,44?,45?,46?,47?,48+,49+/m1/s1. The largest absolute Gasteiger partial charge is 0.462 e. The Labute approximate surface area is 381 Å². The number of carbonyl (C=O) groups excluding carboxylic acids is 2. The first-order valence-corrected chi connectivity index (χ1v) is 23.5. The van der Waals surface area contributed by atoms with Gasteiger partial charge in [-0.25, -0.2) is 0 Å². The third kappa shape index (κ3) is 24.5. The number of aliphatic hydroxyl groups is 7. The van der Waals surface area contributed by atoms with E-state index in [0.29, 0.717) is 19.3 Å². The first-order chi connectivity index (χ1) is 31.0. The Morgan fingerprint density at radius 3 is 1.61 bits per heavy atom. The summed E-state index contributed by atoms with van der Waals surface area (Å²) in [4.78, 5) is 25.6. The first kappa shape index (κ1) is 57.1. The third-order valence-corrected chi connectivity index (χ3v) is 10.7.